The number of furan rings is 1. The van der Waals surface area contributed by atoms with Gasteiger partial charge in [0.05, 0.1) is 12.8 Å². The third kappa shape index (κ3) is 5.60. The van der Waals surface area contributed by atoms with Gasteiger partial charge < -0.3 is 14.1 Å². The zero-order chi connectivity index (χ0) is 19.8. The Kier molecular flexibility index (Phi) is 7.09. The summed E-state index contributed by atoms with van der Waals surface area (Å²) in [5.74, 6) is -0.183. The molecule has 0 saturated carbocycles. The van der Waals surface area contributed by atoms with Crippen molar-refractivity contribution < 1.29 is 18.7 Å². The Hall–Kier alpha value is -2.79. The van der Waals surface area contributed by atoms with Crippen LogP contribution in [0.25, 0.3) is 6.08 Å². The summed E-state index contributed by atoms with van der Waals surface area (Å²) < 4.78 is 10.5. The molecule has 146 valence electrons. The number of ether oxygens (including phenoxy) is 1. The molecule has 1 amide bonds. The molecular formula is C22H22ClNO4. The van der Waals surface area contributed by atoms with Gasteiger partial charge in [-0.15, -0.1) is 0 Å². The highest BCUT2D eigenvalue weighted by Gasteiger charge is 2.21. The first-order valence-corrected chi connectivity index (χ1v) is 9.62. The van der Waals surface area contributed by atoms with Crippen molar-refractivity contribution in [3.8, 4) is 0 Å². The number of hydrogen-bond donors (Lipinski definition) is 0. The van der Waals surface area contributed by atoms with Crippen LogP contribution >= 0.6 is 11.6 Å². The molecule has 0 fully saturated rings. The van der Waals surface area contributed by atoms with Crippen LogP contribution < -0.4 is 0 Å². The van der Waals surface area contributed by atoms with Crippen LogP contribution in [0.15, 0.2) is 64.9 Å². The lowest BCUT2D eigenvalue weighted by atomic mass is 10.0. The number of amides is 1. The first-order chi connectivity index (χ1) is 13.6. The minimum atomic E-state index is -0.594. The first-order valence-electron chi connectivity index (χ1n) is 9.24. The Balaban J connectivity index is 1.60. The van der Waals surface area contributed by atoms with E-state index in [1.807, 2.05) is 18.2 Å². The van der Waals surface area contributed by atoms with Crippen molar-refractivity contribution in [2.45, 2.75) is 32.2 Å². The van der Waals surface area contributed by atoms with E-state index in [2.05, 4.69) is 6.08 Å². The molecule has 0 bridgehead atoms. The zero-order valence-electron chi connectivity index (χ0n) is 15.5. The van der Waals surface area contributed by atoms with E-state index in [0.29, 0.717) is 22.9 Å². The van der Waals surface area contributed by atoms with Crippen LogP contribution in [0, 0.1) is 0 Å². The van der Waals surface area contributed by atoms with Crippen LogP contribution in [0.2, 0.25) is 5.02 Å². The summed E-state index contributed by atoms with van der Waals surface area (Å²) in [6, 6.07) is 10.8. The van der Waals surface area contributed by atoms with E-state index < -0.39 is 5.97 Å². The maximum absolute atomic E-state index is 12.7. The Bertz CT molecular complexity index is 870. The lowest BCUT2D eigenvalue weighted by Crippen LogP contribution is -2.34. The van der Waals surface area contributed by atoms with Crippen molar-refractivity contribution in [2.24, 2.45) is 0 Å². The minimum absolute atomic E-state index is 0.274. The molecule has 0 N–H and O–H groups in total. The number of nitrogens with zero attached hydrogens (tertiary/aromatic N) is 1. The summed E-state index contributed by atoms with van der Waals surface area (Å²) in [5.41, 5.74) is 1.66. The molecule has 0 spiro atoms. The number of hydrogen-bond acceptors (Lipinski definition) is 4. The van der Waals surface area contributed by atoms with Gasteiger partial charge in [0.15, 0.2) is 6.61 Å². The highest BCUT2D eigenvalue weighted by Crippen LogP contribution is 2.23. The summed E-state index contributed by atoms with van der Waals surface area (Å²) >= 11 is 6.05. The number of benzene rings is 1. The molecule has 0 saturated heterocycles. The fraction of sp³-hybridized carbons (Fsp3) is 0.273. The van der Waals surface area contributed by atoms with Gasteiger partial charge in [-0.1, -0.05) is 35.9 Å². The Morgan fingerprint density at radius 2 is 2.04 bits per heavy atom. The maximum atomic E-state index is 12.7. The average Bonchev–Trinajstić information content (AvgIpc) is 3.23. The van der Waals surface area contributed by atoms with Crippen molar-refractivity contribution in [1.82, 2.24) is 4.90 Å². The topological polar surface area (TPSA) is 59.8 Å². The van der Waals surface area contributed by atoms with E-state index in [9.17, 15) is 9.59 Å². The first kappa shape index (κ1) is 20.0. The van der Waals surface area contributed by atoms with E-state index in [1.165, 1.54) is 6.08 Å². The van der Waals surface area contributed by atoms with E-state index in [1.54, 1.807) is 35.4 Å². The van der Waals surface area contributed by atoms with E-state index in [0.717, 1.165) is 31.4 Å². The monoisotopic (exact) mass is 399 g/mol. The molecule has 1 aromatic carbocycles. The van der Waals surface area contributed by atoms with Crippen molar-refractivity contribution in [1.29, 1.82) is 0 Å². The van der Waals surface area contributed by atoms with E-state index in [-0.39, 0.29) is 12.5 Å². The molecule has 1 heterocycles. The molecule has 2 aromatic rings. The fourth-order valence-corrected chi connectivity index (χ4v) is 3.20. The molecule has 0 aliphatic heterocycles. The molecule has 0 atom stereocenters. The van der Waals surface area contributed by atoms with Crippen LogP contribution in [0.5, 0.6) is 0 Å². The Labute approximate surface area is 169 Å². The molecule has 1 aliphatic rings. The van der Waals surface area contributed by atoms with Crippen LogP contribution in [0.3, 0.4) is 0 Å². The van der Waals surface area contributed by atoms with Crippen molar-refractivity contribution in [3.05, 3.63) is 76.9 Å². The molecule has 6 heteroatoms. The van der Waals surface area contributed by atoms with Gasteiger partial charge in [-0.2, -0.15) is 0 Å². The van der Waals surface area contributed by atoms with E-state index in [4.69, 9.17) is 20.8 Å². The zero-order valence-corrected chi connectivity index (χ0v) is 16.2. The maximum Gasteiger partial charge on any atom is 0.331 e. The molecule has 1 aromatic heterocycles. The standard InChI is InChI=1S/C22H22ClNO4/c23-20-11-5-4-7-17(20)12-13-22(26)28-16-21(25)24(15-19-10-6-14-27-19)18-8-2-1-3-9-18/h4-8,10-14H,1-3,9,15-16H2/b13-12+. The van der Waals surface area contributed by atoms with Gasteiger partial charge in [-0.05, 0) is 55.5 Å². The Morgan fingerprint density at radius 1 is 1.18 bits per heavy atom. The minimum Gasteiger partial charge on any atom is -0.467 e. The van der Waals surface area contributed by atoms with Crippen molar-refractivity contribution >= 4 is 29.6 Å². The quantitative estimate of drug-likeness (QED) is 0.486. The smallest absolute Gasteiger partial charge is 0.331 e. The second-order valence-electron chi connectivity index (χ2n) is 6.46. The van der Waals surface area contributed by atoms with Crippen LogP contribution in [-0.4, -0.2) is 23.4 Å². The lowest BCUT2D eigenvalue weighted by Gasteiger charge is -2.26. The molecule has 5 nitrogen and oxygen atoms in total. The Morgan fingerprint density at radius 3 is 2.75 bits per heavy atom. The van der Waals surface area contributed by atoms with Gasteiger partial charge in [0, 0.05) is 16.8 Å². The number of carbonyl (C=O) groups excluding carboxylic acids is 2. The predicted octanol–water partition coefficient (Wildman–Crippen LogP) is 4.98. The summed E-state index contributed by atoms with van der Waals surface area (Å²) in [4.78, 5) is 26.4. The predicted molar refractivity (Wildman–Crippen MR) is 107 cm³/mol. The largest absolute Gasteiger partial charge is 0.467 e. The summed E-state index contributed by atoms with van der Waals surface area (Å²) in [7, 11) is 0. The number of allylic oxidation sites excluding steroid dienone is 2. The SMILES string of the molecule is O=C(/C=C/c1ccccc1Cl)OCC(=O)N(Cc1ccco1)C1=CCCCC1. The van der Waals surface area contributed by atoms with Crippen LogP contribution in [0.4, 0.5) is 0 Å². The third-order valence-electron chi connectivity index (χ3n) is 4.45. The number of esters is 1. The van der Waals surface area contributed by atoms with Gasteiger partial charge >= 0.3 is 5.97 Å². The average molecular weight is 400 g/mol. The van der Waals surface area contributed by atoms with E-state index >= 15 is 0 Å². The highest BCUT2D eigenvalue weighted by atomic mass is 35.5. The second kappa shape index (κ2) is 9.95. The molecule has 3 rings (SSSR count). The molecule has 0 radical (unpaired) electrons. The van der Waals surface area contributed by atoms with Gasteiger partial charge in [0.2, 0.25) is 0 Å². The number of carbonyl (C=O) groups is 2. The summed E-state index contributed by atoms with van der Waals surface area (Å²) in [5, 5.41) is 0.538. The van der Waals surface area contributed by atoms with Gasteiger partial charge in [0.25, 0.3) is 5.91 Å². The molecular weight excluding hydrogens is 378 g/mol. The summed E-state index contributed by atoms with van der Waals surface area (Å²) in [6.07, 6.45) is 10.4. The van der Waals surface area contributed by atoms with Gasteiger partial charge in [-0.25, -0.2) is 4.79 Å². The molecule has 0 unspecified atom stereocenters. The number of halogens is 1. The summed E-state index contributed by atoms with van der Waals surface area (Å²) in [6.45, 7) is -0.00553. The molecule has 28 heavy (non-hydrogen) atoms. The van der Waals surface area contributed by atoms with Crippen molar-refractivity contribution in [3.63, 3.8) is 0 Å². The molecule has 1 aliphatic carbocycles. The third-order valence-corrected chi connectivity index (χ3v) is 4.80. The van der Waals surface area contributed by atoms with Gasteiger partial charge in [-0.3, -0.25) is 4.79 Å². The lowest BCUT2D eigenvalue weighted by molar-refractivity contribution is -0.147. The normalized spacial score (nSPS) is 14.0. The second-order valence-corrected chi connectivity index (χ2v) is 6.87. The van der Waals surface area contributed by atoms with Crippen LogP contribution in [0.1, 0.15) is 37.0 Å². The van der Waals surface area contributed by atoms with Crippen LogP contribution in [-0.2, 0) is 20.9 Å². The van der Waals surface area contributed by atoms with Crippen molar-refractivity contribution in [2.75, 3.05) is 6.61 Å². The van der Waals surface area contributed by atoms with Gasteiger partial charge in [0.1, 0.15) is 5.76 Å². The fourth-order valence-electron chi connectivity index (χ4n) is 3.00. The number of rotatable bonds is 7. The highest BCUT2D eigenvalue weighted by molar-refractivity contribution is 6.32.